The summed E-state index contributed by atoms with van der Waals surface area (Å²) >= 11 is 0. The van der Waals surface area contributed by atoms with E-state index < -0.39 is 0 Å². The highest BCUT2D eigenvalue weighted by atomic mass is 14.8. The van der Waals surface area contributed by atoms with Gasteiger partial charge in [0.05, 0.1) is 0 Å². The molecular formula is C12H16N2. The Kier molecular flexibility index (Phi) is 4.74. The third kappa shape index (κ3) is 3.59. The maximum absolute atomic E-state index is 4.05. The third-order valence-electron chi connectivity index (χ3n) is 2.06. The molecule has 2 nitrogen and oxygen atoms in total. The van der Waals surface area contributed by atoms with Crippen molar-refractivity contribution in [3.8, 4) is 11.8 Å². The average molecular weight is 188 g/mol. The molecule has 0 aliphatic carbocycles. The molecule has 0 unspecified atom stereocenters. The van der Waals surface area contributed by atoms with E-state index in [2.05, 4.69) is 29.1 Å². The number of pyridine rings is 1. The van der Waals surface area contributed by atoms with Crippen molar-refractivity contribution in [2.45, 2.75) is 26.8 Å². The van der Waals surface area contributed by atoms with Crippen molar-refractivity contribution < 1.29 is 0 Å². The van der Waals surface area contributed by atoms with E-state index in [0.29, 0.717) is 0 Å². The van der Waals surface area contributed by atoms with Crippen LogP contribution in [0.4, 0.5) is 0 Å². The van der Waals surface area contributed by atoms with Gasteiger partial charge in [0.25, 0.3) is 0 Å². The van der Waals surface area contributed by atoms with Gasteiger partial charge in [-0.15, -0.1) is 11.8 Å². The van der Waals surface area contributed by atoms with E-state index in [-0.39, 0.29) is 0 Å². The first-order valence-corrected chi connectivity index (χ1v) is 4.84. The molecular weight excluding hydrogens is 172 g/mol. The molecule has 0 saturated carbocycles. The normalized spacial score (nSPS) is 9.29. The molecule has 0 fully saturated rings. The van der Waals surface area contributed by atoms with Gasteiger partial charge in [0.1, 0.15) is 0 Å². The van der Waals surface area contributed by atoms with Gasteiger partial charge in [0, 0.05) is 31.9 Å². The minimum atomic E-state index is 0.903. The fourth-order valence-corrected chi connectivity index (χ4v) is 1.20. The van der Waals surface area contributed by atoms with Crippen molar-refractivity contribution in [3.63, 3.8) is 0 Å². The van der Waals surface area contributed by atoms with Crippen LogP contribution in [-0.2, 0) is 6.54 Å². The molecule has 0 spiro atoms. The molecule has 1 aromatic rings. The first kappa shape index (κ1) is 10.7. The Labute approximate surface area is 85.8 Å². The van der Waals surface area contributed by atoms with E-state index in [0.717, 1.165) is 19.5 Å². The van der Waals surface area contributed by atoms with Crippen LogP contribution in [-0.4, -0.2) is 11.5 Å². The van der Waals surface area contributed by atoms with E-state index in [1.54, 1.807) is 0 Å². The summed E-state index contributed by atoms with van der Waals surface area (Å²) < 4.78 is 0. The Morgan fingerprint density at radius 2 is 2.36 bits per heavy atom. The lowest BCUT2D eigenvalue weighted by atomic mass is 10.1. The van der Waals surface area contributed by atoms with Gasteiger partial charge < -0.3 is 5.32 Å². The van der Waals surface area contributed by atoms with Crippen LogP contribution >= 0.6 is 0 Å². The van der Waals surface area contributed by atoms with Crippen molar-refractivity contribution in [1.29, 1.82) is 0 Å². The maximum atomic E-state index is 4.05. The molecule has 0 aliphatic heterocycles. The lowest BCUT2D eigenvalue weighted by Crippen LogP contribution is -2.14. The summed E-state index contributed by atoms with van der Waals surface area (Å²) in [5.41, 5.74) is 2.55. The van der Waals surface area contributed by atoms with Gasteiger partial charge in [-0.25, -0.2) is 0 Å². The van der Waals surface area contributed by atoms with Crippen molar-refractivity contribution in [2.75, 3.05) is 6.54 Å². The topological polar surface area (TPSA) is 24.9 Å². The van der Waals surface area contributed by atoms with Crippen molar-refractivity contribution >= 4 is 0 Å². The van der Waals surface area contributed by atoms with Crippen molar-refractivity contribution in [2.24, 2.45) is 0 Å². The molecule has 0 radical (unpaired) electrons. The zero-order valence-electron chi connectivity index (χ0n) is 8.80. The van der Waals surface area contributed by atoms with Gasteiger partial charge in [-0.3, -0.25) is 4.98 Å². The van der Waals surface area contributed by atoms with Crippen LogP contribution in [0.1, 0.15) is 24.5 Å². The summed E-state index contributed by atoms with van der Waals surface area (Å²) in [6, 6.07) is 2.05. The summed E-state index contributed by atoms with van der Waals surface area (Å²) in [4.78, 5) is 4.05. The van der Waals surface area contributed by atoms with Crippen LogP contribution in [0.2, 0.25) is 0 Å². The zero-order chi connectivity index (χ0) is 10.2. The largest absolute Gasteiger partial charge is 0.312 e. The molecule has 2 heteroatoms. The predicted octanol–water partition coefficient (Wildman–Crippen LogP) is 1.89. The Morgan fingerprint density at radius 1 is 1.50 bits per heavy atom. The molecule has 14 heavy (non-hydrogen) atoms. The molecule has 0 saturated heterocycles. The van der Waals surface area contributed by atoms with Crippen LogP contribution in [0.5, 0.6) is 0 Å². The van der Waals surface area contributed by atoms with Gasteiger partial charge in [0.15, 0.2) is 0 Å². The molecule has 0 amide bonds. The first-order valence-electron chi connectivity index (χ1n) is 4.84. The molecule has 1 heterocycles. The Morgan fingerprint density at radius 3 is 3.07 bits per heavy atom. The van der Waals surface area contributed by atoms with Crippen molar-refractivity contribution in [1.82, 2.24) is 10.3 Å². The molecule has 0 aromatic carbocycles. The molecule has 0 aliphatic rings. The van der Waals surface area contributed by atoms with Crippen LogP contribution < -0.4 is 5.32 Å². The van der Waals surface area contributed by atoms with Crippen LogP contribution in [0.25, 0.3) is 0 Å². The number of rotatable bonds is 4. The van der Waals surface area contributed by atoms with E-state index >= 15 is 0 Å². The third-order valence-corrected chi connectivity index (χ3v) is 2.06. The molecule has 1 aromatic heterocycles. The quantitative estimate of drug-likeness (QED) is 0.576. The minimum Gasteiger partial charge on any atom is -0.312 e. The SMILES string of the molecule is CC#CCCNCc1ccncc1C. The van der Waals surface area contributed by atoms with E-state index in [1.165, 1.54) is 11.1 Å². The number of hydrogen-bond donors (Lipinski definition) is 1. The predicted molar refractivity (Wildman–Crippen MR) is 58.7 cm³/mol. The second-order valence-corrected chi connectivity index (χ2v) is 3.16. The number of nitrogens with one attached hydrogen (secondary N) is 1. The molecule has 0 atom stereocenters. The van der Waals surface area contributed by atoms with E-state index in [9.17, 15) is 0 Å². The van der Waals surface area contributed by atoms with Gasteiger partial charge >= 0.3 is 0 Å². The fourth-order valence-electron chi connectivity index (χ4n) is 1.20. The van der Waals surface area contributed by atoms with Gasteiger partial charge in [0.2, 0.25) is 0 Å². The number of hydrogen-bond acceptors (Lipinski definition) is 2. The molecule has 1 rings (SSSR count). The average Bonchev–Trinajstić information content (AvgIpc) is 2.20. The summed E-state index contributed by atoms with van der Waals surface area (Å²) in [6.07, 6.45) is 4.64. The minimum absolute atomic E-state index is 0.903. The second kappa shape index (κ2) is 6.17. The Hall–Kier alpha value is -1.33. The first-order chi connectivity index (χ1) is 6.84. The summed E-state index contributed by atoms with van der Waals surface area (Å²) in [5, 5.41) is 3.35. The Bertz CT molecular complexity index is 334. The van der Waals surface area contributed by atoms with E-state index in [1.807, 2.05) is 25.4 Å². The van der Waals surface area contributed by atoms with Crippen LogP contribution in [0, 0.1) is 18.8 Å². The fraction of sp³-hybridized carbons (Fsp3) is 0.417. The highest BCUT2D eigenvalue weighted by molar-refractivity contribution is 5.21. The van der Waals surface area contributed by atoms with Crippen LogP contribution in [0.3, 0.4) is 0 Å². The second-order valence-electron chi connectivity index (χ2n) is 3.16. The standard InChI is InChI=1S/C12H16N2/c1-3-4-5-7-13-10-12-6-8-14-9-11(12)2/h6,8-9,13H,5,7,10H2,1-2H3. The lowest BCUT2D eigenvalue weighted by Gasteiger charge is -2.05. The number of aryl methyl sites for hydroxylation is 1. The zero-order valence-corrected chi connectivity index (χ0v) is 8.80. The highest BCUT2D eigenvalue weighted by Crippen LogP contribution is 2.03. The van der Waals surface area contributed by atoms with Crippen LogP contribution in [0.15, 0.2) is 18.5 Å². The monoisotopic (exact) mass is 188 g/mol. The highest BCUT2D eigenvalue weighted by Gasteiger charge is 1.95. The summed E-state index contributed by atoms with van der Waals surface area (Å²) in [5.74, 6) is 5.90. The van der Waals surface area contributed by atoms with Gasteiger partial charge in [-0.05, 0) is 31.0 Å². The number of nitrogens with zero attached hydrogens (tertiary/aromatic N) is 1. The summed E-state index contributed by atoms with van der Waals surface area (Å²) in [7, 11) is 0. The van der Waals surface area contributed by atoms with Gasteiger partial charge in [-0.2, -0.15) is 0 Å². The molecule has 74 valence electrons. The molecule has 1 N–H and O–H groups in total. The smallest absolute Gasteiger partial charge is 0.0300 e. The maximum Gasteiger partial charge on any atom is 0.0300 e. The Balaban J connectivity index is 2.30. The van der Waals surface area contributed by atoms with Crippen molar-refractivity contribution in [3.05, 3.63) is 29.6 Å². The van der Waals surface area contributed by atoms with E-state index in [4.69, 9.17) is 0 Å². The van der Waals surface area contributed by atoms with Gasteiger partial charge in [-0.1, -0.05) is 0 Å². The number of aromatic nitrogens is 1. The lowest BCUT2D eigenvalue weighted by molar-refractivity contribution is 0.697. The molecule has 0 bridgehead atoms. The summed E-state index contributed by atoms with van der Waals surface area (Å²) in [6.45, 7) is 5.80.